The van der Waals surface area contributed by atoms with Crippen molar-refractivity contribution < 1.29 is 9.13 Å². The molecule has 3 aromatic heterocycles. The molecule has 5 heterocycles. The number of methoxy groups -OCH3 is 1. The minimum Gasteiger partial charge on any atom is -0.496 e. The average Bonchev–Trinajstić information content (AvgIpc) is 3.42. The highest BCUT2D eigenvalue weighted by Gasteiger charge is 2.25. The van der Waals surface area contributed by atoms with Crippen LogP contribution in [0.25, 0.3) is 43.7 Å². The van der Waals surface area contributed by atoms with Crippen molar-refractivity contribution in [3.8, 4) is 39.4 Å². The molecule has 8 heteroatoms. The first kappa shape index (κ1) is 24.2. The maximum atomic E-state index is 14.2. The molecule has 0 bridgehead atoms. The Kier molecular flexibility index (Phi) is 6.03. The van der Waals surface area contributed by atoms with Gasteiger partial charge < -0.3 is 19.9 Å². The van der Waals surface area contributed by atoms with E-state index in [-0.39, 0.29) is 17.4 Å². The lowest BCUT2D eigenvalue weighted by Gasteiger charge is -2.29. The second kappa shape index (κ2) is 9.72. The number of nitrogens with one attached hydrogen (secondary N) is 2. The molecule has 0 radical (unpaired) electrons. The van der Waals surface area contributed by atoms with E-state index in [4.69, 9.17) is 9.72 Å². The van der Waals surface area contributed by atoms with Gasteiger partial charge in [0.15, 0.2) is 0 Å². The van der Waals surface area contributed by atoms with Gasteiger partial charge in [-0.3, -0.25) is 4.79 Å². The van der Waals surface area contributed by atoms with Crippen molar-refractivity contribution in [1.82, 2.24) is 20.2 Å². The predicted molar refractivity (Wildman–Crippen MR) is 154 cm³/mol. The van der Waals surface area contributed by atoms with Gasteiger partial charge >= 0.3 is 0 Å². The van der Waals surface area contributed by atoms with Crippen molar-refractivity contribution in [1.29, 1.82) is 0 Å². The van der Waals surface area contributed by atoms with Gasteiger partial charge in [-0.05, 0) is 59.8 Å². The Balaban J connectivity index is 1.52. The Labute approximate surface area is 229 Å². The highest BCUT2D eigenvalue weighted by molar-refractivity contribution is 7.18. The molecule has 0 spiro atoms. The van der Waals surface area contributed by atoms with Crippen molar-refractivity contribution in [3.05, 3.63) is 93.5 Å². The van der Waals surface area contributed by atoms with Crippen LogP contribution in [-0.4, -0.2) is 36.3 Å². The number of ether oxygens (including phenoxy) is 1. The van der Waals surface area contributed by atoms with Crippen LogP contribution < -0.4 is 20.9 Å². The Hall–Kier alpha value is -3.85. The van der Waals surface area contributed by atoms with E-state index in [1.807, 2.05) is 12.3 Å². The van der Waals surface area contributed by atoms with Gasteiger partial charge in [-0.1, -0.05) is 12.1 Å². The third-order valence-electron chi connectivity index (χ3n) is 7.77. The largest absolute Gasteiger partial charge is 0.496 e. The van der Waals surface area contributed by atoms with E-state index >= 15 is 0 Å². The molecule has 0 amide bonds. The topological polar surface area (TPSA) is 68.2 Å². The lowest BCUT2D eigenvalue weighted by atomic mass is 9.93. The molecule has 2 N–H and O–H groups in total. The Morgan fingerprint density at radius 2 is 1.87 bits per heavy atom. The molecule has 2 aromatic carbocycles. The predicted octanol–water partition coefficient (Wildman–Crippen LogP) is 5.40. The molecule has 0 saturated carbocycles. The van der Waals surface area contributed by atoms with E-state index in [2.05, 4.69) is 40.3 Å². The number of fused-ring (bicyclic) bond motifs is 2. The number of aromatic nitrogens is 2. The summed E-state index contributed by atoms with van der Waals surface area (Å²) >= 11 is 1.63. The van der Waals surface area contributed by atoms with Crippen molar-refractivity contribution in [2.75, 3.05) is 26.7 Å². The van der Waals surface area contributed by atoms with E-state index in [0.29, 0.717) is 5.75 Å². The molecule has 1 fully saturated rings. The Morgan fingerprint density at radius 3 is 2.69 bits per heavy atom. The van der Waals surface area contributed by atoms with Crippen LogP contribution >= 0.6 is 11.3 Å². The van der Waals surface area contributed by atoms with Gasteiger partial charge in [0.05, 0.1) is 24.5 Å². The van der Waals surface area contributed by atoms with Gasteiger partial charge in [-0.25, -0.2) is 9.37 Å². The molecule has 2 aliphatic heterocycles. The molecule has 5 aromatic rings. The molecule has 1 saturated heterocycles. The molecular weight excluding hydrogens is 511 g/mol. The van der Waals surface area contributed by atoms with E-state index in [0.717, 1.165) is 76.3 Å². The Bertz CT molecular complexity index is 1790. The third-order valence-corrected chi connectivity index (χ3v) is 8.70. The number of nitrogens with zero attached hydrogens (tertiary/aromatic N) is 2. The first-order chi connectivity index (χ1) is 19.1. The van der Waals surface area contributed by atoms with Crippen molar-refractivity contribution in [2.24, 2.45) is 0 Å². The van der Waals surface area contributed by atoms with Crippen molar-refractivity contribution in [3.63, 3.8) is 0 Å². The summed E-state index contributed by atoms with van der Waals surface area (Å²) in [4.78, 5) is 18.1. The fraction of sp³-hybridized carbons (Fsp3) is 0.226. The maximum Gasteiger partial charge on any atom is 0.250 e. The Morgan fingerprint density at radius 1 is 1.00 bits per heavy atom. The summed E-state index contributed by atoms with van der Waals surface area (Å²) in [5.74, 6) is 0.0806. The molecule has 7 rings (SSSR count). The first-order valence-electron chi connectivity index (χ1n) is 13.1. The number of pyridine rings is 2. The molecule has 0 aliphatic carbocycles. The van der Waals surface area contributed by atoms with Crippen molar-refractivity contribution >= 4 is 21.4 Å². The molecule has 196 valence electrons. The van der Waals surface area contributed by atoms with Crippen LogP contribution in [-0.2, 0) is 13.0 Å². The van der Waals surface area contributed by atoms with Crippen LogP contribution in [0.15, 0.2) is 71.0 Å². The van der Waals surface area contributed by atoms with Crippen LogP contribution in [0.2, 0.25) is 0 Å². The van der Waals surface area contributed by atoms with Crippen molar-refractivity contribution in [2.45, 2.75) is 19.0 Å². The van der Waals surface area contributed by atoms with E-state index in [1.54, 1.807) is 35.1 Å². The van der Waals surface area contributed by atoms with Gasteiger partial charge in [-0.2, -0.15) is 0 Å². The summed E-state index contributed by atoms with van der Waals surface area (Å²) in [6.45, 7) is 3.36. The van der Waals surface area contributed by atoms with E-state index in [9.17, 15) is 9.18 Å². The summed E-state index contributed by atoms with van der Waals surface area (Å²) in [5.41, 5.74) is 7.80. The van der Waals surface area contributed by atoms with Crippen LogP contribution in [0.4, 0.5) is 4.39 Å². The highest BCUT2D eigenvalue weighted by atomic mass is 32.1. The van der Waals surface area contributed by atoms with Gasteiger partial charge in [0.25, 0.3) is 5.56 Å². The zero-order valence-corrected chi connectivity index (χ0v) is 22.3. The molecule has 39 heavy (non-hydrogen) atoms. The minimum absolute atomic E-state index is 0.0353. The monoisotopic (exact) mass is 538 g/mol. The third kappa shape index (κ3) is 4.16. The summed E-state index contributed by atoms with van der Waals surface area (Å²) in [7, 11) is 1.55. The molecular formula is C31H27FN4O2S. The normalized spacial score (nSPS) is 15.2. The summed E-state index contributed by atoms with van der Waals surface area (Å²) in [5, 5.41) is 9.80. The fourth-order valence-corrected chi connectivity index (χ4v) is 6.56. The van der Waals surface area contributed by atoms with Crippen LogP contribution in [0.3, 0.4) is 0 Å². The zero-order valence-electron chi connectivity index (χ0n) is 21.5. The van der Waals surface area contributed by atoms with Gasteiger partial charge in [0.1, 0.15) is 11.6 Å². The maximum absolute atomic E-state index is 14.2. The fourth-order valence-electron chi connectivity index (χ4n) is 5.60. The molecule has 2 aliphatic rings. The lowest BCUT2D eigenvalue weighted by Crippen LogP contribution is -2.46. The van der Waals surface area contributed by atoms with Gasteiger partial charge in [-0.15, -0.1) is 11.3 Å². The number of hydrogen-bond donors (Lipinski definition) is 2. The number of halogens is 1. The second-order valence-electron chi connectivity index (χ2n) is 10.1. The van der Waals surface area contributed by atoms with Crippen LogP contribution in [0.5, 0.6) is 5.75 Å². The zero-order chi connectivity index (χ0) is 26.5. The smallest absolute Gasteiger partial charge is 0.250 e. The minimum atomic E-state index is -0.362. The summed E-state index contributed by atoms with van der Waals surface area (Å²) < 4.78 is 22.7. The van der Waals surface area contributed by atoms with E-state index < -0.39 is 0 Å². The van der Waals surface area contributed by atoms with Crippen LogP contribution in [0.1, 0.15) is 17.2 Å². The van der Waals surface area contributed by atoms with Gasteiger partial charge in [0.2, 0.25) is 0 Å². The average molecular weight is 539 g/mol. The van der Waals surface area contributed by atoms with Gasteiger partial charge in [0, 0.05) is 70.3 Å². The highest BCUT2D eigenvalue weighted by Crippen LogP contribution is 2.46. The second-order valence-corrected chi connectivity index (χ2v) is 11.0. The SMILES string of the molecule is COc1cc(F)ccc1-c1c(-c2ccc(=O)n(C3CNC3)c2)nc(-c2ccc3c(c2)CCNC3)c2ccsc12. The quantitative estimate of drug-likeness (QED) is 0.314. The van der Waals surface area contributed by atoms with E-state index in [1.165, 1.54) is 23.3 Å². The standard InChI is InChI=1S/C31H27FN4O2S/c1-38-26-13-22(32)5-6-24(26)28-30(21-4-7-27(37)36(17-21)23-15-34-16-23)35-29(25-9-11-39-31(25)28)19-2-3-20-14-33-10-8-18(20)12-19/h2-7,9,11-13,17,23,33-34H,8,10,14-16H2,1H3. The number of benzene rings is 2. The first-order valence-corrected chi connectivity index (χ1v) is 14.0. The molecule has 0 unspecified atom stereocenters. The number of hydrogen-bond acceptors (Lipinski definition) is 6. The lowest BCUT2D eigenvalue weighted by molar-refractivity contribution is 0.336. The number of rotatable bonds is 5. The molecule has 0 atom stereocenters. The van der Waals surface area contributed by atoms with Crippen LogP contribution in [0, 0.1) is 5.82 Å². The molecule has 6 nitrogen and oxygen atoms in total. The summed E-state index contributed by atoms with van der Waals surface area (Å²) in [6.07, 6.45) is 2.89. The summed E-state index contributed by atoms with van der Waals surface area (Å²) in [6, 6.07) is 16.9. The number of thiophene rings is 1.